The zero-order valence-corrected chi connectivity index (χ0v) is 12.1. The Hall–Kier alpha value is -2.12. The summed E-state index contributed by atoms with van der Waals surface area (Å²) in [5.41, 5.74) is -0.420. The molecule has 0 amide bonds. The molecule has 1 atom stereocenters. The summed E-state index contributed by atoms with van der Waals surface area (Å²) in [5, 5.41) is 0. The zero-order chi connectivity index (χ0) is 15.1. The summed E-state index contributed by atoms with van der Waals surface area (Å²) in [5.74, 6) is 5.22. The molecule has 0 spiro atoms. The number of ether oxygens (including phenoxy) is 2. The number of hydrogen-bond donors (Lipinski definition) is 0. The van der Waals surface area contributed by atoms with E-state index < -0.39 is 11.4 Å². The molecule has 2 rings (SSSR count). The van der Waals surface area contributed by atoms with Crippen molar-refractivity contribution in [2.75, 3.05) is 19.8 Å². The standard InChI is InChI=1S/C17H18O4/c1-2-21-16(19)17(13-20-12-10-15(17)18)11-6-9-14-7-4-3-5-8-14/h3-5,7-8H,2,10-13H2,1H3. The van der Waals surface area contributed by atoms with Gasteiger partial charge in [0, 0.05) is 18.4 Å². The number of ketones is 1. The quantitative estimate of drug-likeness (QED) is 0.484. The van der Waals surface area contributed by atoms with E-state index in [4.69, 9.17) is 9.47 Å². The largest absolute Gasteiger partial charge is 0.465 e. The maximum atomic E-state index is 12.2. The van der Waals surface area contributed by atoms with Gasteiger partial charge in [0.2, 0.25) is 0 Å². The first-order chi connectivity index (χ1) is 10.2. The van der Waals surface area contributed by atoms with E-state index in [0.29, 0.717) is 6.61 Å². The van der Waals surface area contributed by atoms with Crippen LogP contribution in [0.3, 0.4) is 0 Å². The van der Waals surface area contributed by atoms with E-state index in [1.807, 2.05) is 30.3 Å². The van der Waals surface area contributed by atoms with Gasteiger partial charge in [0.15, 0.2) is 11.2 Å². The average molecular weight is 286 g/mol. The van der Waals surface area contributed by atoms with Crippen molar-refractivity contribution in [3.8, 4) is 11.8 Å². The number of Topliss-reactive ketones (excluding diaryl/α,β-unsaturated/α-hetero) is 1. The number of carbonyl (C=O) groups excluding carboxylic acids is 2. The van der Waals surface area contributed by atoms with Crippen LogP contribution in [0.4, 0.5) is 0 Å². The first kappa shape index (κ1) is 15.3. The minimum Gasteiger partial charge on any atom is -0.465 e. The fourth-order valence-corrected chi connectivity index (χ4v) is 2.21. The van der Waals surface area contributed by atoms with Crippen LogP contribution < -0.4 is 0 Å². The molecule has 0 N–H and O–H groups in total. The lowest BCUT2D eigenvalue weighted by molar-refractivity contribution is -0.168. The molecule has 4 nitrogen and oxygen atoms in total. The van der Waals surface area contributed by atoms with Crippen molar-refractivity contribution in [2.24, 2.45) is 5.41 Å². The molecule has 0 bridgehead atoms. The van der Waals surface area contributed by atoms with Gasteiger partial charge in [0.25, 0.3) is 0 Å². The maximum Gasteiger partial charge on any atom is 0.323 e. The van der Waals surface area contributed by atoms with Crippen LogP contribution in [0.2, 0.25) is 0 Å². The van der Waals surface area contributed by atoms with E-state index in [9.17, 15) is 9.59 Å². The molecule has 0 aliphatic carbocycles. The highest BCUT2D eigenvalue weighted by Crippen LogP contribution is 2.30. The molecule has 0 radical (unpaired) electrons. The van der Waals surface area contributed by atoms with Crippen LogP contribution in [0.1, 0.15) is 25.3 Å². The van der Waals surface area contributed by atoms with Crippen LogP contribution >= 0.6 is 0 Å². The molecule has 0 saturated carbocycles. The van der Waals surface area contributed by atoms with E-state index in [0.717, 1.165) is 5.56 Å². The topological polar surface area (TPSA) is 52.6 Å². The molecule has 110 valence electrons. The lowest BCUT2D eigenvalue weighted by Gasteiger charge is -2.31. The van der Waals surface area contributed by atoms with E-state index in [2.05, 4.69) is 11.8 Å². The molecular weight excluding hydrogens is 268 g/mol. The molecule has 1 aromatic rings. The third kappa shape index (κ3) is 3.50. The second kappa shape index (κ2) is 7.05. The highest BCUT2D eigenvalue weighted by atomic mass is 16.5. The van der Waals surface area contributed by atoms with Crippen molar-refractivity contribution < 1.29 is 19.1 Å². The smallest absolute Gasteiger partial charge is 0.323 e. The first-order valence-corrected chi connectivity index (χ1v) is 7.01. The van der Waals surface area contributed by atoms with Crippen molar-refractivity contribution in [3.05, 3.63) is 35.9 Å². The van der Waals surface area contributed by atoms with E-state index in [1.54, 1.807) is 6.92 Å². The lowest BCUT2D eigenvalue weighted by Crippen LogP contribution is -2.47. The monoisotopic (exact) mass is 286 g/mol. The summed E-state index contributed by atoms with van der Waals surface area (Å²) in [6.45, 7) is 2.36. The predicted octanol–water partition coefficient (Wildman–Crippen LogP) is 1.97. The van der Waals surface area contributed by atoms with E-state index in [1.165, 1.54) is 0 Å². The third-order valence-corrected chi connectivity index (χ3v) is 3.42. The SMILES string of the molecule is CCOC(=O)C1(CC#Cc2ccccc2)COCCC1=O. The van der Waals surface area contributed by atoms with Crippen LogP contribution in [0, 0.1) is 17.3 Å². The molecule has 21 heavy (non-hydrogen) atoms. The van der Waals surface area contributed by atoms with Crippen molar-refractivity contribution >= 4 is 11.8 Å². The van der Waals surface area contributed by atoms with Gasteiger partial charge in [-0.2, -0.15) is 0 Å². The van der Waals surface area contributed by atoms with Gasteiger partial charge in [-0.05, 0) is 19.1 Å². The summed E-state index contributed by atoms with van der Waals surface area (Å²) in [7, 11) is 0. The molecule has 1 aliphatic rings. The molecule has 4 heteroatoms. The van der Waals surface area contributed by atoms with Crippen molar-refractivity contribution in [2.45, 2.75) is 19.8 Å². The number of benzene rings is 1. The highest BCUT2D eigenvalue weighted by Gasteiger charge is 2.48. The number of carbonyl (C=O) groups is 2. The summed E-state index contributed by atoms with van der Waals surface area (Å²) in [6.07, 6.45) is 0.353. The van der Waals surface area contributed by atoms with Gasteiger partial charge in [-0.3, -0.25) is 9.59 Å². The summed E-state index contributed by atoms with van der Waals surface area (Å²) >= 11 is 0. The summed E-state index contributed by atoms with van der Waals surface area (Å²) < 4.78 is 10.4. The Bertz CT molecular complexity index is 567. The fourth-order valence-electron chi connectivity index (χ4n) is 2.21. The van der Waals surface area contributed by atoms with Gasteiger partial charge < -0.3 is 9.47 Å². The lowest BCUT2D eigenvalue weighted by atomic mass is 9.78. The molecule has 1 fully saturated rings. The van der Waals surface area contributed by atoms with Crippen LogP contribution in [0.5, 0.6) is 0 Å². The Labute approximate surface area is 124 Å². The Kier molecular flexibility index (Phi) is 5.13. The molecule has 0 aromatic heterocycles. The number of rotatable bonds is 3. The molecule has 1 unspecified atom stereocenters. The second-order valence-electron chi connectivity index (χ2n) is 4.87. The van der Waals surface area contributed by atoms with Crippen molar-refractivity contribution in [3.63, 3.8) is 0 Å². The van der Waals surface area contributed by atoms with Gasteiger partial charge in [-0.1, -0.05) is 30.0 Å². The number of hydrogen-bond acceptors (Lipinski definition) is 4. The normalized spacial score (nSPS) is 21.3. The molecular formula is C17H18O4. The Balaban J connectivity index is 2.19. The molecule has 1 heterocycles. The van der Waals surface area contributed by atoms with Crippen molar-refractivity contribution in [1.29, 1.82) is 0 Å². The zero-order valence-electron chi connectivity index (χ0n) is 12.1. The van der Waals surface area contributed by atoms with Gasteiger partial charge in [0.1, 0.15) is 0 Å². The minimum atomic E-state index is -1.27. The van der Waals surface area contributed by atoms with Crippen LogP contribution in [0.25, 0.3) is 0 Å². The molecule has 1 aromatic carbocycles. The Morgan fingerprint density at radius 2 is 2.14 bits per heavy atom. The van der Waals surface area contributed by atoms with E-state index >= 15 is 0 Å². The van der Waals surface area contributed by atoms with Crippen LogP contribution in [-0.2, 0) is 19.1 Å². The van der Waals surface area contributed by atoms with Gasteiger partial charge in [0.05, 0.1) is 19.8 Å². The maximum absolute atomic E-state index is 12.2. The van der Waals surface area contributed by atoms with Gasteiger partial charge >= 0.3 is 5.97 Å². The third-order valence-electron chi connectivity index (χ3n) is 3.42. The molecule has 1 saturated heterocycles. The van der Waals surface area contributed by atoms with Gasteiger partial charge in [-0.15, -0.1) is 0 Å². The first-order valence-electron chi connectivity index (χ1n) is 7.01. The number of esters is 1. The Morgan fingerprint density at radius 1 is 1.38 bits per heavy atom. The van der Waals surface area contributed by atoms with Crippen molar-refractivity contribution in [1.82, 2.24) is 0 Å². The average Bonchev–Trinajstić information content (AvgIpc) is 2.50. The Morgan fingerprint density at radius 3 is 2.81 bits per heavy atom. The minimum absolute atomic E-state index is 0.0497. The summed E-state index contributed by atoms with van der Waals surface area (Å²) in [4.78, 5) is 24.4. The van der Waals surface area contributed by atoms with Crippen LogP contribution in [0.15, 0.2) is 30.3 Å². The van der Waals surface area contributed by atoms with Crippen LogP contribution in [-0.4, -0.2) is 31.6 Å². The fraction of sp³-hybridized carbons (Fsp3) is 0.412. The molecule has 1 aliphatic heterocycles. The van der Waals surface area contributed by atoms with E-state index in [-0.39, 0.29) is 31.8 Å². The highest BCUT2D eigenvalue weighted by molar-refractivity contribution is 6.04. The second-order valence-corrected chi connectivity index (χ2v) is 4.87. The van der Waals surface area contributed by atoms with Gasteiger partial charge in [-0.25, -0.2) is 0 Å². The predicted molar refractivity (Wildman–Crippen MR) is 77.4 cm³/mol. The summed E-state index contributed by atoms with van der Waals surface area (Å²) in [6, 6.07) is 9.44.